The molecule has 0 aliphatic heterocycles. The summed E-state index contributed by atoms with van der Waals surface area (Å²) in [6.07, 6.45) is 7.49. The van der Waals surface area contributed by atoms with Crippen molar-refractivity contribution in [1.82, 2.24) is 0 Å². The largest absolute Gasteiger partial charge is 0.327 e. The second-order valence-electron chi connectivity index (χ2n) is 5.09. The first-order valence-corrected chi connectivity index (χ1v) is 6.35. The maximum atomic E-state index is 5.69. The van der Waals surface area contributed by atoms with Gasteiger partial charge < -0.3 is 5.73 Å². The molecule has 0 aromatic heterocycles. The molecule has 0 radical (unpaired) electrons. The van der Waals surface area contributed by atoms with E-state index in [1.54, 1.807) is 16.7 Å². The van der Waals surface area contributed by atoms with E-state index in [0.717, 1.165) is 11.8 Å². The molecule has 2 N–H and O–H groups in total. The second kappa shape index (κ2) is 4.06. The van der Waals surface area contributed by atoms with Gasteiger partial charge >= 0.3 is 0 Å². The molecule has 1 saturated carbocycles. The van der Waals surface area contributed by atoms with Crippen LogP contribution in [-0.4, -0.2) is 6.54 Å². The monoisotopic (exact) mass is 213 g/mol. The van der Waals surface area contributed by atoms with E-state index >= 15 is 0 Å². The van der Waals surface area contributed by atoms with Crippen molar-refractivity contribution in [1.29, 1.82) is 0 Å². The third kappa shape index (κ3) is 1.60. The molecule has 1 nitrogen and oxygen atoms in total. The molecule has 1 aromatic carbocycles. The maximum Gasteiger partial charge on any atom is 0.0109 e. The van der Waals surface area contributed by atoms with E-state index in [4.69, 9.17) is 5.73 Å². The average Bonchev–Trinajstić information content (AvgIpc) is 2.57. The van der Waals surface area contributed by atoms with E-state index in [0.29, 0.717) is 6.54 Å². The van der Waals surface area contributed by atoms with Crippen LogP contribution in [0.5, 0.6) is 0 Å². The highest BCUT2D eigenvalue weighted by Crippen LogP contribution is 2.43. The van der Waals surface area contributed by atoms with Gasteiger partial charge in [0, 0.05) is 6.54 Å². The minimum atomic E-state index is 0.707. The molecule has 1 aromatic rings. The van der Waals surface area contributed by atoms with Crippen molar-refractivity contribution < 1.29 is 0 Å². The van der Waals surface area contributed by atoms with Gasteiger partial charge in [0.15, 0.2) is 0 Å². The zero-order chi connectivity index (χ0) is 11.0. The van der Waals surface area contributed by atoms with E-state index in [1.165, 1.54) is 25.7 Å². The first-order chi connectivity index (χ1) is 7.88. The van der Waals surface area contributed by atoms with Crippen molar-refractivity contribution in [3.05, 3.63) is 47.0 Å². The van der Waals surface area contributed by atoms with Gasteiger partial charge in [-0.3, -0.25) is 0 Å². The molecule has 2 unspecified atom stereocenters. The van der Waals surface area contributed by atoms with Crippen LogP contribution >= 0.6 is 0 Å². The van der Waals surface area contributed by atoms with Gasteiger partial charge in [-0.25, -0.2) is 0 Å². The Labute approximate surface area is 97.4 Å². The molecular weight excluding hydrogens is 194 g/mol. The first kappa shape index (κ1) is 10.1. The molecule has 2 aliphatic carbocycles. The predicted octanol–water partition coefficient (Wildman–Crippen LogP) is 2.70. The number of benzene rings is 1. The molecule has 0 saturated heterocycles. The Bertz CT molecular complexity index is 384. The summed E-state index contributed by atoms with van der Waals surface area (Å²) in [7, 11) is 0. The van der Waals surface area contributed by atoms with Crippen LogP contribution in [0.1, 0.15) is 24.0 Å². The third-order valence-electron chi connectivity index (χ3n) is 4.21. The summed E-state index contributed by atoms with van der Waals surface area (Å²) in [6.45, 7) is 0.707. The van der Waals surface area contributed by atoms with Gasteiger partial charge in [-0.05, 0) is 48.6 Å². The predicted molar refractivity (Wildman–Crippen MR) is 67.2 cm³/mol. The van der Waals surface area contributed by atoms with Crippen molar-refractivity contribution in [3.63, 3.8) is 0 Å². The molecule has 2 atom stereocenters. The molecule has 1 heteroatoms. The summed E-state index contributed by atoms with van der Waals surface area (Å²) in [5.41, 5.74) is 10.5. The summed E-state index contributed by atoms with van der Waals surface area (Å²) < 4.78 is 0. The summed E-state index contributed by atoms with van der Waals surface area (Å²) in [5, 5.41) is 0. The van der Waals surface area contributed by atoms with Gasteiger partial charge in [-0.15, -0.1) is 0 Å². The SMILES string of the molecule is NCC=C1C2CCC1Cc1ccccc1C2. The molecule has 3 rings (SSSR count). The van der Waals surface area contributed by atoms with Gasteiger partial charge in [0.05, 0.1) is 0 Å². The number of hydrogen-bond donors (Lipinski definition) is 1. The van der Waals surface area contributed by atoms with E-state index in [9.17, 15) is 0 Å². The van der Waals surface area contributed by atoms with E-state index in [2.05, 4.69) is 30.3 Å². The third-order valence-corrected chi connectivity index (χ3v) is 4.21. The smallest absolute Gasteiger partial charge is 0.0109 e. The van der Waals surface area contributed by atoms with Crippen LogP contribution in [0, 0.1) is 11.8 Å². The highest BCUT2D eigenvalue weighted by Gasteiger charge is 2.33. The minimum Gasteiger partial charge on any atom is -0.327 e. The molecule has 2 bridgehead atoms. The first-order valence-electron chi connectivity index (χ1n) is 6.35. The number of nitrogens with two attached hydrogens (primary N) is 1. The summed E-state index contributed by atoms with van der Waals surface area (Å²) in [5.74, 6) is 1.55. The number of allylic oxidation sites excluding steroid dienone is 1. The Morgan fingerprint density at radius 1 is 1.06 bits per heavy atom. The lowest BCUT2D eigenvalue weighted by Gasteiger charge is -2.11. The molecule has 0 amide bonds. The Balaban J connectivity index is 1.99. The molecule has 1 fully saturated rings. The number of fused-ring (bicyclic) bond motifs is 3. The molecular formula is C15H19N. The molecule has 0 spiro atoms. The quantitative estimate of drug-likeness (QED) is 0.713. The highest BCUT2D eigenvalue weighted by molar-refractivity contribution is 5.35. The lowest BCUT2D eigenvalue weighted by atomic mass is 9.94. The normalized spacial score (nSPS) is 27.4. The highest BCUT2D eigenvalue weighted by atomic mass is 14.5. The summed E-state index contributed by atoms with van der Waals surface area (Å²) >= 11 is 0. The van der Waals surface area contributed by atoms with Crippen molar-refractivity contribution in [2.75, 3.05) is 6.54 Å². The van der Waals surface area contributed by atoms with Gasteiger partial charge in [0.25, 0.3) is 0 Å². The molecule has 2 aliphatic rings. The lowest BCUT2D eigenvalue weighted by Crippen LogP contribution is -2.06. The van der Waals surface area contributed by atoms with Crippen molar-refractivity contribution in [2.24, 2.45) is 17.6 Å². The van der Waals surface area contributed by atoms with Crippen molar-refractivity contribution in [2.45, 2.75) is 25.7 Å². The maximum absolute atomic E-state index is 5.69. The fourth-order valence-corrected chi connectivity index (χ4v) is 3.46. The molecule has 16 heavy (non-hydrogen) atoms. The van der Waals surface area contributed by atoms with Gasteiger partial charge in [0.1, 0.15) is 0 Å². The fourth-order valence-electron chi connectivity index (χ4n) is 3.46. The van der Waals surface area contributed by atoms with E-state index < -0.39 is 0 Å². The Morgan fingerprint density at radius 2 is 1.62 bits per heavy atom. The lowest BCUT2D eigenvalue weighted by molar-refractivity contribution is 0.593. The topological polar surface area (TPSA) is 26.0 Å². The van der Waals surface area contributed by atoms with Crippen molar-refractivity contribution >= 4 is 0 Å². The fraction of sp³-hybridized carbons (Fsp3) is 0.467. The van der Waals surface area contributed by atoms with E-state index in [-0.39, 0.29) is 0 Å². The standard InChI is InChI=1S/C15H19N/c16-8-7-15-13-5-6-14(15)10-12-4-2-1-3-11(12)9-13/h1-4,7,13-14H,5-6,8-10,16H2. The van der Waals surface area contributed by atoms with Gasteiger partial charge in [0.2, 0.25) is 0 Å². The Kier molecular flexibility index (Phi) is 2.56. The average molecular weight is 213 g/mol. The van der Waals surface area contributed by atoms with Crippen LogP contribution in [0.15, 0.2) is 35.9 Å². The van der Waals surface area contributed by atoms with Crippen LogP contribution in [0.25, 0.3) is 0 Å². The summed E-state index contributed by atoms with van der Waals surface area (Å²) in [6, 6.07) is 8.94. The zero-order valence-corrected chi connectivity index (χ0v) is 9.65. The van der Waals surface area contributed by atoms with Crippen LogP contribution < -0.4 is 5.73 Å². The molecule has 84 valence electrons. The van der Waals surface area contributed by atoms with Crippen LogP contribution in [-0.2, 0) is 12.8 Å². The Hall–Kier alpha value is -1.08. The summed E-state index contributed by atoms with van der Waals surface area (Å²) in [4.78, 5) is 0. The van der Waals surface area contributed by atoms with Crippen LogP contribution in [0.4, 0.5) is 0 Å². The van der Waals surface area contributed by atoms with Crippen LogP contribution in [0.3, 0.4) is 0 Å². The number of hydrogen-bond acceptors (Lipinski definition) is 1. The van der Waals surface area contributed by atoms with Crippen LogP contribution in [0.2, 0.25) is 0 Å². The van der Waals surface area contributed by atoms with Gasteiger partial charge in [-0.1, -0.05) is 35.9 Å². The van der Waals surface area contributed by atoms with Crippen molar-refractivity contribution in [3.8, 4) is 0 Å². The van der Waals surface area contributed by atoms with E-state index in [1.807, 2.05) is 0 Å². The van der Waals surface area contributed by atoms with Gasteiger partial charge in [-0.2, -0.15) is 0 Å². The number of rotatable bonds is 1. The minimum absolute atomic E-state index is 0.707. The molecule has 0 heterocycles. The zero-order valence-electron chi connectivity index (χ0n) is 9.65. The Morgan fingerprint density at radius 3 is 2.12 bits per heavy atom. The second-order valence-corrected chi connectivity index (χ2v) is 5.09.